The van der Waals surface area contributed by atoms with Crippen LogP contribution in [0.15, 0.2) is 18.5 Å². The van der Waals surface area contributed by atoms with Crippen LogP contribution < -0.4 is 5.32 Å². The quantitative estimate of drug-likeness (QED) is 0.911. The monoisotopic (exact) mass is 329 g/mol. The van der Waals surface area contributed by atoms with Gasteiger partial charge in [-0.15, -0.1) is 0 Å². The van der Waals surface area contributed by atoms with E-state index in [0.29, 0.717) is 12.2 Å². The van der Waals surface area contributed by atoms with Crippen molar-refractivity contribution in [2.45, 2.75) is 33.1 Å². The summed E-state index contributed by atoms with van der Waals surface area (Å²) < 4.78 is 40.7. The zero-order valence-electron chi connectivity index (χ0n) is 13.1. The lowest BCUT2D eigenvalue weighted by Gasteiger charge is -2.13. The van der Waals surface area contributed by atoms with Crippen LogP contribution in [0.5, 0.6) is 0 Å². The second-order valence-corrected chi connectivity index (χ2v) is 5.49. The van der Waals surface area contributed by atoms with Crippen molar-refractivity contribution in [3.8, 4) is 0 Å². The molecule has 0 aromatic carbocycles. The van der Waals surface area contributed by atoms with Gasteiger partial charge in [-0.25, -0.2) is 0 Å². The van der Waals surface area contributed by atoms with E-state index in [1.165, 1.54) is 11.6 Å². The van der Waals surface area contributed by atoms with Gasteiger partial charge < -0.3 is 5.32 Å². The number of hydrogen-bond donors (Lipinski definition) is 1. The first-order chi connectivity index (χ1) is 10.7. The fourth-order valence-corrected chi connectivity index (χ4v) is 2.10. The van der Waals surface area contributed by atoms with Gasteiger partial charge in [-0.2, -0.15) is 23.4 Å². The minimum Gasteiger partial charge on any atom is -0.352 e. The third kappa shape index (κ3) is 4.33. The summed E-state index contributed by atoms with van der Waals surface area (Å²) in [6, 6.07) is 0.972. The highest BCUT2D eigenvalue weighted by Gasteiger charge is 2.34. The first-order valence-corrected chi connectivity index (χ1v) is 7.03. The molecule has 0 aliphatic heterocycles. The van der Waals surface area contributed by atoms with E-state index in [2.05, 4.69) is 15.5 Å². The van der Waals surface area contributed by atoms with Crippen molar-refractivity contribution in [1.29, 1.82) is 0 Å². The summed E-state index contributed by atoms with van der Waals surface area (Å²) in [7, 11) is 1.77. The molecule has 0 aliphatic rings. The minimum atomic E-state index is -4.48. The number of alkyl halides is 3. The maximum absolute atomic E-state index is 12.6. The van der Waals surface area contributed by atoms with E-state index in [0.717, 1.165) is 11.6 Å². The van der Waals surface area contributed by atoms with Gasteiger partial charge >= 0.3 is 6.18 Å². The average Bonchev–Trinajstić information content (AvgIpc) is 3.02. The Kier molecular flexibility index (Phi) is 4.76. The SMILES string of the molecule is Cc1cc(C(F)(F)F)nn1CC(C)C(=O)NCc1cnn(C)c1. The van der Waals surface area contributed by atoms with Gasteiger partial charge in [0.1, 0.15) is 0 Å². The van der Waals surface area contributed by atoms with E-state index in [4.69, 9.17) is 0 Å². The minimum absolute atomic E-state index is 0.0841. The third-order valence-corrected chi connectivity index (χ3v) is 3.39. The summed E-state index contributed by atoms with van der Waals surface area (Å²) in [6.07, 6.45) is -1.07. The van der Waals surface area contributed by atoms with Crippen LogP contribution in [0.2, 0.25) is 0 Å². The number of nitrogens with one attached hydrogen (secondary N) is 1. The number of carbonyl (C=O) groups excluding carboxylic acids is 1. The van der Waals surface area contributed by atoms with Gasteiger partial charge in [-0.1, -0.05) is 6.92 Å². The lowest BCUT2D eigenvalue weighted by atomic mass is 10.1. The molecule has 0 fully saturated rings. The lowest BCUT2D eigenvalue weighted by molar-refractivity contribution is -0.141. The summed E-state index contributed by atoms with van der Waals surface area (Å²) in [5.74, 6) is -0.760. The number of amides is 1. The molecule has 23 heavy (non-hydrogen) atoms. The number of nitrogens with zero attached hydrogens (tertiary/aromatic N) is 4. The largest absolute Gasteiger partial charge is 0.435 e. The Morgan fingerprint density at radius 2 is 2.13 bits per heavy atom. The molecule has 1 amide bonds. The third-order valence-electron chi connectivity index (χ3n) is 3.39. The molecule has 6 nitrogen and oxygen atoms in total. The predicted molar refractivity (Wildman–Crippen MR) is 76.2 cm³/mol. The first-order valence-electron chi connectivity index (χ1n) is 7.03. The van der Waals surface area contributed by atoms with Crippen molar-refractivity contribution in [3.63, 3.8) is 0 Å². The Morgan fingerprint density at radius 3 is 2.65 bits per heavy atom. The zero-order valence-corrected chi connectivity index (χ0v) is 13.1. The highest BCUT2D eigenvalue weighted by molar-refractivity contribution is 5.78. The van der Waals surface area contributed by atoms with E-state index in [-0.39, 0.29) is 12.5 Å². The van der Waals surface area contributed by atoms with Crippen molar-refractivity contribution in [2.24, 2.45) is 13.0 Å². The van der Waals surface area contributed by atoms with Gasteiger partial charge in [0.15, 0.2) is 5.69 Å². The molecule has 0 aliphatic carbocycles. The fourth-order valence-electron chi connectivity index (χ4n) is 2.10. The summed E-state index contributed by atoms with van der Waals surface area (Å²) in [5.41, 5.74) is 0.268. The molecule has 2 heterocycles. The van der Waals surface area contributed by atoms with Gasteiger partial charge in [-0.3, -0.25) is 14.2 Å². The molecule has 9 heteroatoms. The number of hydrogen-bond acceptors (Lipinski definition) is 3. The molecule has 126 valence electrons. The Morgan fingerprint density at radius 1 is 1.43 bits per heavy atom. The maximum atomic E-state index is 12.6. The Balaban J connectivity index is 1.94. The number of carbonyl (C=O) groups is 1. The van der Waals surface area contributed by atoms with Crippen molar-refractivity contribution in [3.05, 3.63) is 35.4 Å². The molecular weight excluding hydrogens is 311 g/mol. The molecule has 2 rings (SSSR count). The predicted octanol–water partition coefficient (Wildman–Crippen LogP) is 1.90. The van der Waals surface area contributed by atoms with E-state index in [9.17, 15) is 18.0 Å². The van der Waals surface area contributed by atoms with Crippen LogP contribution in [-0.4, -0.2) is 25.5 Å². The summed E-state index contributed by atoms with van der Waals surface area (Å²) in [5, 5.41) is 10.2. The van der Waals surface area contributed by atoms with Crippen LogP contribution in [-0.2, 0) is 31.1 Å². The van der Waals surface area contributed by atoms with Gasteiger partial charge in [0.05, 0.1) is 18.7 Å². The molecule has 1 atom stereocenters. The average molecular weight is 329 g/mol. The van der Waals surface area contributed by atoms with E-state index in [1.54, 1.807) is 31.0 Å². The van der Waals surface area contributed by atoms with Crippen LogP contribution in [0.4, 0.5) is 13.2 Å². The number of aryl methyl sites for hydroxylation is 2. The van der Waals surface area contributed by atoms with Crippen LogP contribution in [0.25, 0.3) is 0 Å². The number of halogens is 3. The molecule has 1 unspecified atom stereocenters. The fraction of sp³-hybridized carbons (Fsp3) is 0.500. The highest BCUT2D eigenvalue weighted by atomic mass is 19.4. The summed E-state index contributed by atoms with van der Waals surface area (Å²) in [6.45, 7) is 3.58. The van der Waals surface area contributed by atoms with Crippen LogP contribution >= 0.6 is 0 Å². The molecule has 0 bridgehead atoms. The molecule has 2 aromatic rings. The number of aromatic nitrogens is 4. The van der Waals surface area contributed by atoms with E-state index in [1.807, 2.05) is 0 Å². The molecule has 0 saturated heterocycles. The summed E-state index contributed by atoms with van der Waals surface area (Å²) in [4.78, 5) is 12.0. The van der Waals surface area contributed by atoms with Crippen molar-refractivity contribution < 1.29 is 18.0 Å². The van der Waals surface area contributed by atoms with Crippen LogP contribution in [0.3, 0.4) is 0 Å². The Labute approximate surface area is 131 Å². The lowest BCUT2D eigenvalue weighted by Crippen LogP contribution is -2.31. The molecule has 0 radical (unpaired) electrons. The molecule has 1 N–H and O–H groups in total. The van der Waals surface area contributed by atoms with Gasteiger partial charge in [0, 0.05) is 31.0 Å². The smallest absolute Gasteiger partial charge is 0.352 e. The normalized spacial score (nSPS) is 13.1. The second-order valence-electron chi connectivity index (χ2n) is 5.49. The maximum Gasteiger partial charge on any atom is 0.435 e. The Bertz CT molecular complexity index is 689. The van der Waals surface area contributed by atoms with Crippen LogP contribution in [0.1, 0.15) is 23.9 Å². The van der Waals surface area contributed by atoms with Crippen molar-refractivity contribution in [1.82, 2.24) is 24.9 Å². The standard InChI is InChI=1S/C14H18F3N5O/c1-9(13(23)18-5-11-6-19-21(3)8-11)7-22-10(2)4-12(20-22)14(15,16)17/h4,6,8-9H,5,7H2,1-3H3,(H,18,23). The van der Waals surface area contributed by atoms with Crippen molar-refractivity contribution in [2.75, 3.05) is 0 Å². The number of rotatable bonds is 5. The Hall–Kier alpha value is -2.32. The van der Waals surface area contributed by atoms with Gasteiger partial charge in [0.25, 0.3) is 0 Å². The molecule has 0 saturated carbocycles. The van der Waals surface area contributed by atoms with Crippen LogP contribution in [0, 0.1) is 12.8 Å². The van der Waals surface area contributed by atoms with E-state index >= 15 is 0 Å². The molecule has 0 spiro atoms. The van der Waals surface area contributed by atoms with Gasteiger partial charge in [0.2, 0.25) is 5.91 Å². The van der Waals surface area contributed by atoms with E-state index < -0.39 is 17.8 Å². The molecule has 2 aromatic heterocycles. The van der Waals surface area contributed by atoms with Crippen molar-refractivity contribution >= 4 is 5.91 Å². The molecular formula is C14H18F3N5O. The first kappa shape index (κ1) is 17.0. The second kappa shape index (κ2) is 6.43. The van der Waals surface area contributed by atoms with Gasteiger partial charge in [-0.05, 0) is 13.0 Å². The zero-order chi connectivity index (χ0) is 17.2. The topological polar surface area (TPSA) is 64.7 Å². The summed E-state index contributed by atoms with van der Waals surface area (Å²) >= 11 is 0. The highest BCUT2D eigenvalue weighted by Crippen LogP contribution is 2.28.